The maximum Gasteiger partial charge on any atom is 0.251 e. The van der Waals surface area contributed by atoms with Crippen molar-refractivity contribution in [2.75, 3.05) is 11.9 Å². The molecule has 0 saturated heterocycles. The minimum atomic E-state index is -0.268. The van der Waals surface area contributed by atoms with Crippen LogP contribution < -0.4 is 10.6 Å². The van der Waals surface area contributed by atoms with E-state index in [-0.39, 0.29) is 30.6 Å². The molecule has 2 aromatic carbocycles. The Morgan fingerprint density at radius 1 is 1.03 bits per heavy atom. The molecule has 0 radical (unpaired) electrons. The lowest BCUT2D eigenvalue weighted by atomic mass is 10.1. The molecule has 0 unspecified atom stereocenters. The Hall–Kier alpha value is -3.55. The second-order valence-electron chi connectivity index (χ2n) is 6.70. The number of Topliss-reactive ketones (excluding diaryl/α,β-unsaturated/α-hetero) is 1. The van der Waals surface area contributed by atoms with Crippen molar-refractivity contribution in [1.29, 1.82) is 0 Å². The van der Waals surface area contributed by atoms with Crippen LogP contribution in [0, 0.1) is 0 Å². The van der Waals surface area contributed by atoms with Crippen LogP contribution in [-0.4, -0.2) is 39.1 Å². The van der Waals surface area contributed by atoms with E-state index in [0.29, 0.717) is 22.3 Å². The van der Waals surface area contributed by atoms with Gasteiger partial charge in [-0.3, -0.25) is 14.4 Å². The van der Waals surface area contributed by atoms with Crippen molar-refractivity contribution in [3.63, 3.8) is 0 Å². The molecule has 2 amide bonds. The van der Waals surface area contributed by atoms with Gasteiger partial charge in [-0.25, -0.2) is 4.68 Å². The molecular weight excluding hydrogens is 370 g/mol. The summed E-state index contributed by atoms with van der Waals surface area (Å²) in [5.74, 6) is -0.522. The average molecular weight is 393 g/mol. The van der Waals surface area contributed by atoms with Crippen LogP contribution in [-0.2, 0) is 11.3 Å². The van der Waals surface area contributed by atoms with Crippen molar-refractivity contribution in [1.82, 2.24) is 20.3 Å². The fraction of sp³-hybridized carbons (Fsp3) is 0.286. The average Bonchev–Trinajstić information content (AvgIpc) is 3.11. The zero-order valence-electron chi connectivity index (χ0n) is 16.4. The third-order valence-electron chi connectivity index (χ3n) is 4.42. The molecule has 2 N–H and O–H groups in total. The van der Waals surface area contributed by atoms with Crippen molar-refractivity contribution < 1.29 is 14.4 Å². The van der Waals surface area contributed by atoms with Gasteiger partial charge in [0.1, 0.15) is 5.52 Å². The molecule has 1 aromatic heterocycles. The van der Waals surface area contributed by atoms with E-state index >= 15 is 0 Å². The van der Waals surface area contributed by atoms with Crippen LogP contribution in [0.1, 0.15) is 47.4 Å². The standard InChI is InChI=1S/C21H23N5O3/c1-3-12-26-19-9-6-16(13-18(19)24-25-26)21(29)22-11-10-20(28)23-17-7-4-15(5-8-17)14(2)27/h4-9,13H,3,10-12H2,1-2H3,(H,22,29)(H,23,28). The van der Waals surface area contributed by atoms with Crippen molar-refractivity contribution in [2.24, 2.45) is 0 Å². The summed E-state index contributed by atoms with van der Waals surface area (Å²) in [5, 5.41) is 13.7. The van der Waals surface area contributed by atoms with Gasteiger partial charge < -0.3 is 10.6 Å². The number of nitrogens with one attached hydrogen (secondary N) is 2. The number of carbonyl (C=O) groups excluding carboxylic acids is 3. The number of anilines is 1. The van der Waals surface area contributed by atoms with E-state index < -0.39 is 0 Å². The zero-order chi connectivity index (χ0) is 20.8. The summed E-state index contributed by atoms with van der Waals surface area (Å²) >= 11 is 0. The second-order valence-corrected chi connectivity index (χ2v) is 6.70. The molecule has 8 heteroatoms. The largest absolute Gasteiger partial charge is 0.352 e. The highest BCUT2D eigenvalue weighted by atomic mass is 16.2. The number of nitrogens with zero attached hydrogens (tertiary/aromatic N) is 3. The summed E-state index contributed by atoms with van der Waals surface area (Å²) in [6.07, 6.45) is 1.08. The molecule has 0 aliphatic heterocycles. The Morgan fingerprint density at radius 3 is 2.45 bits per heavy atom. The molecule has 8 nitrogen and oxygen atoms in total. The quantitative estimate of drug-likeness (QED) is 0.573. The van der Waals surface area contributed by atoms with Crippen LogP contribution in [0.4, 0.5) is 5.69 Å². The van der Waals surface area contributed by atoms with Gasteiger partial charge in [-0.1, -0.05) is 12.1 Å². The number of ketones is 1. The Bertz CT molecular complexity index is 1040. The Labute approximate surface area is 168 Å². The highest BCUT2D eigenvalue weighted by Crippen LogP contribution is 2.14. The molecule has 0 atom stereocenters. The van der Waals surface area contributed by atoms with Crippen LogP contribution in [0.2, 0.25) is 0 Å². The molecule has 1 heterocycles. The SMILES string of the molecule is CCCn1nnc2cc(C(=O)NCCC(=O)Nc3ccc(C(C)=O)cc3)ccc21. The van der Waals surface area contributed by atoms with E-state index in [9.17, 15) is 14.4 Å². The molecule has 0 aliphatic carbocycles. The molecule has 0 bridgehead atoms. The summed E-state index contributed by atoms with van der Waals surface area (Å²) in [7, 11) is 0. The Morgan fingerprint density at radius 2 is 1.76 bits per heavy atom. The predicted molar refractivity (Wildman–Crippen MR) is 110 cm³/mol. The number of hydrogen-bond acceptors (Lipinski definition) is 5. The minimum absolute atomic E-state index is 0.0308. The van der Waals surface area contributed by atoms with Crippen LogP contribution in [0.15, 0.2) is 42.5 Å². The summed E-state index contributed by atoms with van der Waals surface area (Å²) < 4.78 is 1.81. The number of benzene rings is 2. The fourth-order valence-electron chi connectivity index (χ4n) is 2.89. The summed E-state index contributed by atoms with van der Waals surface area (Å²) in [5.41, 5.74) is 3.21. The van der Waals surface area contributed by atoms with Gasteiger partial charge in [-0.05, 0) is 55.8 Å². The van der Waals surface area contributed by atoms with Crippen LogP contribution in [0.5, 0.6) is 0 Å². The number of aromatic nitrogens is 3. The van der Waals surface area contributed by atoms with Gasteiger partial charge in [-0.2, -0.15) is 0 Å². The second kappa shape index (κ2) is 9.09. The van der Waals surface area contributed by atoms with Gasteiger partial charge in [0.2, 0.25) is 5.91 Å². The van der Waals surface area contributed by atoms with E-state index in [0.717, 1.165) is 18.5 Å². The summed E-state index contributed by atoms with van der Waals surface area (Å²) in [6, 6.07) is 11.9. The Kier molecular flexibility index (Phi) is 6.33. The smallest absolute Gasteiger partial charge is 0.251 e. The van der Waals surface area contributed by atoms with Gasteiger partial charge in [0, 0.05) is 36.3 Å². The molecule has 29 heavy (non-hydrogen) atoms. The highest BCUT2D eigenvalue weighted by Gasteiger charge is 2.11. The van der Waals surface area contributed by atoms with E-state index in [1.165, 1.54) is 6.92 Å². The maximum atomic E-state index is 12.3. The fourth-order valence-corrected chi connectivity index (χ4v) is 2.89. The molecule has 150 valence electrons. The van der Waals surface area contributed by atoms with Crippen LogP contribution in [0.3, 0.4) is 0 Å². The van der Waals surface area contributed by atoms with Crippen LogP contribution >= 0.6 is 0 Å². The highest BCUT2D eigenvalue weighted by molar-refractivity contribution is 5.98. The van der Waals surface area contributed by atoms with Crippen molar-refractivity contribution in [3.8, 4) is 0 Å². The topological polar surface area (TPSA) is 106 Å². The number of carbonyl (C=O) groups is 3. The first-order valence-corrected chi connectivity index (χ1v) is 9.50. The van der Waals surface area contributed by atoms with Gasteiger partial charge in [0.25, 0.3) is 5.91 Å². The van der Waals surface area contributed by atoms with Gasteiger partial charge in [-0.15, -0.1) is 5.10 Å². The molecule has 3 aromatic rings. The number of amides is 2. The number of fused-ring (bicyclic) bond motifs is 1. The first kappa shape index (κ1) is 20.2. The van der Waals surface area contributed by atoms with Crippen molar-refractivity contribution in [2.45, 2.75) is 33.2 Å². The van der Waals surface area contributed by atoms with Gasteiger partial charge >= 0.3 is 0 Å². The normalized spacial score (nSPS) is 10.7. The molecule has 0 spiro atoms. The van der Waals surface area contributed by atoms with Crippen LogP contribution in [0.25, 0.3) is 11.0 Å². The number of hydrogen-bond donors (Lipinski definition) is 2. The summed E-state index contributed by atoms with van der Waals surface area (Å²) in [6.45, 7) is 4.53. The molecule has 0 fully saturated rings. The zero-order valence-corrected chi connectivity index (χ0v) is 16.4. The maximum absolute atomic E-state index is 12.3. The molecule has 3 rings (SSSR count). The van der Waals surface area contributed by atoms with E-state index in [4.69, 9.17) is 0 Å². The van der Waals surface area contributed by atoms with E-state index in [1.54, 1.807) is 36.4 Å². The molecule has 0 saturated carbocycles. The van der Waals surface area contributed by atoms with Crippen molar-refractivity contribution in [3.05, 3.63) is 53.6 Å². The lowest BCUT2D eigenvalue weighted by Crippen LogP contribution is -2.27. The minimum Gasteiger partial charge on any atom is -0.352 e. The van der Waals surface area contributed by atoms with Crippen molar-refractivity contribution >= 4 is 34.3 Å². The first-order valence-electron chi connectivity index (χ1n) is 9.50. The van der Waals surface area contributed by atoms with Gasteiger partial charge in [0.05, 0.1) is 5.52 Å². The van der Waals surface area contributed by atoms with E-state index in [1.807, 2.05) is 10.7 Å². The molecule has 0 aliphatic rings. The monoisotopic (exact) mass is 393 g/mol. The van der Waals surface area contributed by atoms with E-state index in [2.05, 4.69) is 27.9 Å². The first-order chi connectivity index (χ1) is 14.0. The lowest BCUT2D eigenvalue weighted by molar-refractivity contribution is -0.116. The Balaban J connectivity index is 1.50. The number of rotatable bonds is 8. The third kappa shape index (κ3) is 5.04. The number of aryl methyl sites for hydroxylation is 1. The lowest BCUT2D eigenvalue weighted by Gasteiger charge is -2.07. The third-order valence-corrected chi connectivity index (χ3v) is 4.42. The van der Waals surface area contributed by atoms with Gasteiger partial charge in [0.15, 0.2) is 5.78 Å². The predicted octanol–water partition coefficient (Wildman–Crippen LogP) is 2.80. The summed E-state index contributed by atoms with van der Waals surface area (Å²) in [4.78, 5) is 35.6. The molecular formula is C21H23N5O3.